The number of halogens is 5. The Morgan fingerprint density at radius 3 is 2.65 bits per heavy atom. The molecule has 2 aromatic heterocycles. The molecule has 0 bridgehead atoms. The Hall–Kier alpha value is -3.31. The van der Waals surface area contributed by atoms with Crippen LogP contribution in [-0.2, 0) is 19.5 Å². The molecular formula is C22H16BrClF3N5O2. The zero-order chi connectivity index (χ0) is 24.3. The van der Waals surface area contributed by atoms with Gasteiger partial charge in [0.05, 0.1) is 16.6 Å². The molecule has 4 aromatic rings. The van der Waals surface area contributed by atoms with E-state index in [9.17, 15) is 18.0 Å². The van der Waals surface area contributed by atoms with Crippen molar-refractivity contribution < 1.29 is 22.7 Å². The molecule has 0 unspecified atom stereocenters. The molecule has 0 radical (unpaired) electrons. The van der Waals surface area contributed by atoms with Crippen LogP contribution in [0.2, 0.25) is 5.02 Å². The van der Waals surface area contributed by atoms with Crippen molar-refractivity contribution in [3.63, 3.8) is 0 Å². The van der Waals surface area contributed by atoms with E-state index in [1.54, 1.807) is 16.9 Å². The van der Waals surface area contributed by atoms with Gasteiger partial charge in [0, 0.05) is 17.4 Å². The Bertz CT molecular complexity index is 1320. The number of nitrogens with one attached hydrogen (secondary N) is 1. The van der Waals surface area contributed by atoms with Gasteiger partial charge in [0.15, 0.2) is 18.2 Å². The number of alkyl halides is 3. The highest BCUT2D eigenvalue weighted by Gasteiger charge is 2.30. The van der Waals surface area contributed by atoms with Gasteiger partial charge in [0.25, 0.3) is 5.91 Å². The van der Waals surface area contributed by atoms with Crippen LogP contribution in [0, 0.1) is 0 Å². The standard InChI is InChI=1S/C22H16BrClF3N5O2/c23-17-12-32(11-14-4-1-2-7-18(14)24)30-20(17)28-21(33)19-8-9-31(29-19)13-34-16-6-3-5-15(10-16)22(25,26)27/h1-10,12H,11,13H2,(H,28,30,33). The van der Waals surface area contributed by atoms with E-state index in [-0.39, 0.29) is 18.2 Å². The lowest BCUT2D eigenvalue weighted by atomic mass is 10.2. The van der Waals surface area contributed by atoms with E-state index in [0.717, 1.165) is 17.7 Å². The first-order chi connectivity index (χ1) is 16.2. The Morgan fingerprint density at radius 1 is 1.09 bits per heavy atom. The summed E-state index contributed by atoms with van der Waals surface area (Å²) in [7, 11) is 0. The summed E-state index contributed by atoms with van der Waals surface area (Å²) in [5.41, 5.74) is 0.141. The molecule has 0 aliphatic carbocycles. The van der Waals surface area contributed by atoms with Gasteiger partial charge in [-0.3, -0.25) is 9.48 Å². The van der Waals surface area contributed by atoms with Crippen LogP contribution < -0.4 is 10.1 Å². The summed E-state index contributed by atoms with van der Waals surface area (Å²) in [6.07, 6.45) is -1.28. The van der Waals surface area contributed by atoms with Crippen LogP contribution in [0.3, 0.4) is 0 Å². The molecule has 1 N–H and O–H groups in total. The van der Waals surface area contributed by atoms with Crippen LogP contribution >= 0.6 is 27.5 Å². The van der Waals surface area contributed by atoms with Gasteiger partial charge in [0.1, 0.15) is 5.75 Å². The number of benzene rings is 2. The van der Waals surface area contributed by atoms with Crippen molar-refractivity contribution in [2.45, 2.75) is 19.5 Å². The molecule has 0 saturated carbocycles. The molecule has 0 atom stereocenters. The van der Waals surface area contributed by atoms with E-state index >= 15 is 0 Å². The molecular weight excluding hydrogens is 539 g/mol. The number of anilines is 1. The molecule has 176 valence electrons. The molecule has 12 heteroatoms. The number of aromatic nitrogens is 4. The largest absolute Gasteiger partial charge is 0.471 e. The van der Waals surface area contributed by atoms with Gasteiger partial charge in [-0.25, -0.2) is 4.68 Å². The zero-order valence-electron chi connectivity index (χ0n) is 17.3. The minimum absolute atomic E-state index is 0.0318. The van der Waals surface area contributed by atoms with Crippen LogP contribution in [0.15, 0.2) is 71.5 Å². The monoisotopic (exact) mass is 553 g/mol. The van der Waals surface area contributed by atoms with Crippen molar-refractivity contribution in [3.8, 4) is 5.75 Å². The third-order valence-corrected chi connectivity index (χ3v) is 5.59. The quantitative estimate of drug-likeness (QED) is 0.311. The van der Waals surface area contributed by atoms with Gasteiger partial charge in [-0.2, -0.15) is 23.4 Å². The summed E-state index contributed by atoms with van der Waals surface area (Å²) in [6, 6.07) is 13.3. The third-order valence-electron chi connectivity index (χ3n) is 4.64. The topological polar surface area (TPSA) is 74.0 Å². The fourth-order valence-corrected chi connectivity index (χ4v) is 3.60. The molecule has 34 heavy (non-hydrogen) atoms. The molecule has 1 amide bonds. The number of hydrogen-bond acceptors (Lipinski definition) is 4. The average molecular weight is 555 g/mol. The second-order valence-corrected chi connectivity index (χ2v) is 8.37. The lowest BCUT2D eigenvalue weighted by Gasteiger charge is -2.10. The Balaban J connectivity index is 1.37. The van der Waals surface area contributed by atoms with Crippen molar-refractivity contribution in [2.75, 3.05) is 5.32 Å². The maximum absolute atomic E-state index is 12.8. The lowest BCUT2D eigenvalue weighted by molar-refractivity contribution is -0.137. The highest BCUT2D eigenvalue weighted by Crippen LogP contribution is 2.31. The number of nitrogens with zero attached hydrogens (tertiary/aromatic N) is 4. The lowest BCUT2D eigenvalue weighted by Crippen LogP contribution is -2.15. The second kappa shape index (κ2) is 9.90. The predicted octanol–water partition coefficient (Wildman–Crippen LogP) is 5.85. The van der Waals surface area contributed by atoms with Crippen LogP contribution in [0.25, 0.3) is 0 Å². The van der Waals surface area contributed by atoms with Crippen LogP contribution in [0.4, 0.5) is 19.0 Å². The second-order valence-electron chi connectivity index (χ2n) is 7.11. The van der Waals surface area contributed by atoms with Gasteiger partial charge >= 0.3 is 6.18 Å². The molecule has 7 nitrogen and oxygen atoms in total. The molecule has 2 aromatic carbocycles. The van der Waals surface area contributed by atoms with Crippen LogP contribution in [0.1, 0.15) is 21.6 Å². The Kier molecular flexibility index (Phi) is 6.94. The molecule has 0 aliphatic rings. The highest BCUT2D eigenvalue weighted by molar-refractivity contribution is 9.10. The normalized spacial score (nSPS) is 11.4. The number of carbonyl (C=O) groups is 1. The maximum atomic E-state index is 12.8. The fraction of sp³-hybridized carbons (Fsp3) is 0.136. The zero-order valence-corrected chi connectivity index (χ0v) is 19.6. The van der Waals surface area contributed by atoms with Crippen molar-refractivity contribution in [1.29, 1.82) is 0 Å². The molecule has 0 spiro atoms. The highest BCUT2D eigenvalue weighted by atomic mass is 79.9. The number of hydrogen-bond donors (Lipinski definition) is 1. The summed E-state index contributed by atoms with van der Waals surface area (Å²) in [4.78, 5) is 12.6. The maximum Gasteiger partial charge on any atom is 0.416 e. The van der Waals surface area contributed by atoms with E-state index in [4.69, 9.17) is 16.3 Å². The average Bonchev–Trinajstić information content (AvgIpc) is 3.40. The van der Waals surface area contributed by atoms with Gasteiger partial charge in [-0.1, -0.05) is 35.9 Å². The van der Waals surface area contributed by atoms with E-state index < -0.39 is 17.6 Å². The van der Waals surface area contributed by atoms with Crippen LogP contribution in [-0.4, -0.2) is 25.5 Å². The van der Waals surface area contributed by atoms with Gasteiger partial charge in [-0.15, -0.1) is 0 Å². The third kappa shape index (κ3) is 5.78. The van der Waals surface area contributed by atoms with E-state index in [0.29, 0.717) is 21.9 Å². The van der Waals surface area contributed by atoms with Gasteiger partial charge in [-0.05, 0) is 51.8 Å². The van der Waals surface area contributed by atoms with Crippen molar-refractivity contribution >= 4 is 39.3 Å². The van der Waals surface area contributed by atoms with Crippen molar-refractivity contribution in [1.82, 2.24) is 19.6 Å². The van der Waals surface area contributed by atoms with Gasteiger partial charge in [0.2, 0.25) is 0 Å². The van der Waals surface area contributed by atoms with Crippen molar-refractivity contribution in [2.24, 2.45) is 0 Å². The first kappa shape index (κ1) is 23.8. The van der Waals surface area contributed by atoms with Crippen molar-refractivity contribution in [3.05, 3.63) is 93.3 Å². The molecule has 4 rings (SSSR count). The number of carbonyl (C=O) groups excluding carboxylic acids is 1. The molecule has 2 heterocycles. The molecule has 0 aliphatic heterocycles. The first-order valence-electron chi connectivity index (χ1n) is 9.80. The Morgan fingerprint density at radius 2 is 1.88 bits per heavy atom. The summed E-state index contributed by atoms with van der Waals surface area (Å²) >= 11 is 9.56. The number of amides is 1. The summed E-state index contributed by atoms with van der Waals surface area (Å²) in [5.74, 6) is -0.183. The van der Waals surface area contributed by atoms with E-state index in [1.807, 2.05) is 18.2 Å². The SMILES string of the molecule is O=C(Nc1nn(Cc2ccccc2Cl)cc1Br)c1ccn(COc2cccc(C(F)(F)F)c2)n1. The molecule has 0 saturated heterocycles. The van der Waals surface area contributed by atoms with E-state index in [1.165, 1.54) is 29.1 Å². The van der Waals surface area contributed by atoms with E-state index in [2.05, 4.69) is 31.4 Å². The number of ether oxygens (including phenoxy) is 1. The molecule has 0 fully saturated rings. The summed E-state index contributed by atoms with van der Waals surface area (Å²) < 4.78 is 47.3. The Labute approximate surface area is 205 Å². The minimum atomic E-state index is -4.47. The van der Waals surface area contributed by atoms with Crippen LogP contribution in [0.5, 0.6) is 5.75 Å². The number of rotatable bonds is 7. The predicted molar refractivity (Wildman–Crippen MR) is 123 cm³/mol. The minimum Gasteiger partial charge on any atom is -0.471 e. The smallest absolute Gasteiger partial charge is 0.416 e. The fourth-order valence-electron chi connectivity index (χ4n) is 2.99. The summed E-state index contributed by atoms with van der Waals surface area (Å²) in [5, 5.41) is 11.7. The summed E-state index contributed by atoms with van der Waals surface area (Å²) in [6.45, 7) is 0.237. The first-order valence-corrected chi connectivity index (χ1v) is 11.0. The van der Waals surface area contributed by atoms with Gasteiger partial charge < -0.3 is 10.1 Å².